The minimum absolute atomic E-state index is 0.154. The van der Waals surface area contributed by atoms with E-state index in [-0.39, 0.29) is 32.5 Å². The predicted molar refractivity (Wildman–Crippen MR) is 84.7 cm³/mol. The molecule has 1 aromatic rings. The van der Waals surface area contributed by atoms with Crippen LogP contribution in [0.5, 0.6) is 5.75 Å². The van der Waals surface area contributed by atoms with Crippen molar-refractivity contribution in [2.45, 2.75) is 19.8 Å². The van der Waals surface area contributed by atoms with Gasteiger partial charge in [0.15, 0.2) is 13.2 Å². The molecule has 126 valence electrons. The van der Waals surface area contributed by atoms with Crippen LogP contribution in [0.15, 0.2) is 24.3 Å². The molecule has 0 atom stereocenters. The lowest BCUT2D eigenvalue weighted by molar-refractivity contribution is -0.153. The van der Waals surface area contributed by atoms with Crippen molar-refractivity contribution in [1.82, 2.24) is 4.90 Å². The van der Waals surface area contributed by atoms with Crippen molar-refractivity contribution in [2.24, 2.45) is 0 Å². The summed E-state index contributed by atoms with van der Waals surface area (Å²) in [7, 11) is 0. The van der Waals surface area contributed by atoms with Gasteiger partial charge in [-0.05, 0) is 18.6 Å². The summed E-state index contributed by atoms with van der Waals surface area (Å²) in [5.74, 6) is -0.526. The molecule has 0 N–H and O–H groups in total. The summed E-state index contributed by atoms with van der Waals surface area (Å²) < 4.78 is 10.2. The Kier molecular flexibility index (Phi) is 8.41. The Morgan fingerprint density at radius 2 is 1.71 bits per heavy atom. The van der Waals surface area contributed by atoms with E-state index in [1.165, 1.54) is 4.90 Å². The Morgan fingerprint density at radius 3 is 2.29 bits per heavy atom. The van der Waals surface area contributed by atoms with Gasteiger partial charge in [-0.2, -0.15) is 10.5 Å². The van der Waals surface area contributed by atoms with E-state index in [9.17, 15) is 9.59 Å². The van der Waals surface area contributed by atoms with E-state index in [1.54, 1.807) is 12.1 Å². The first-order chi connectivity index (χ1) is 11.6. The third-order valence-electron chi connectivity index (χ3n) is 3.14. The Bertz CT molecular complexity index is 628. The largest absolute Gasteiger partial charge is 0.482 e. The Morgan fingerprint density at radius 1 is 1.08 bits per heavy atom. The molecule has 0 spiro atoms. The summed E-state index contributed by atoms with van der Waals surface area (Å²) in [5, 5.41) is 17.2. The molecule has 0 bridgehead atoms. The number of carbonyl (C=O) groups is 2. The van der Waals surface area contributed by atoms with Crippen LogP contribution in [0.25, 0.3) is 0 Å². The topological polar surface area (TPSA) is 103 Å². The number of para-hydroxylation sites is 1. The molecule has 1 amide bonds. The normalized spacial score (nSPS) is 9.46. The maximum atomic E-state index is 12.0. The summed E-state index contributed by atoms with van der Waals surface area (Å²) in [5.41, 5.74) is 0.889. The highest BCUT2D eigenvalue weighted by Gasteiger charge is 2.15. The van der Waals surface area contributed by atoms with Crippen LogP contribution in [0, 0.1) is 29.6 Å². The van der Waals surface area contributed by atoms with Gasteiger partial charge in [0, 0.05) is 13.1 Å². The van der Waals surface area contributed by atoms with E-state index in [4.69, 9.17) is 20.0 Å². The molecule has 24 heavy (non-hydrogen) atoms. The van der Waals surface area contributed by atoms with Crippen LogP contribution in [-0.2, 0) is 14.3 Å². The zero-order valence-corrected chi connectivity index (χ0v) is 13.5. The Hall–Kier alpha value is -3.06. The van der Waals surface area contributed by atoms with Gasteiger partial charge in [-0.25, -0.2) is 4.79 Å². The van der Waals surface area contributed by atoms with Crippen LogP contribution in [0.1, 0.15) is 18.4 Å². The second-order valence-corrected chi connectivity index (χ2v) is 4.91. The first kappa shape index (κ1) is 19.0. The molecule has 0 aliphatic rings. The Balaban J connectivity index is 2.41. The molecule has 0 saturated heterocycles. The molecule has 1 aromatic carbocycles. The number of ether oxygens (including phenoxy) is 2. The molecule has 7 nitrogen and oxygen atoms in total. The number of nitrogens with zero attached hydrogens (tertiary/aromatic N) is 3. The maximum absolute atomic E-state index is 12.0. The molecule has 0 radical (unpaired) electrons. The summed E-state index contributed by atoms with van der Waals surface area (Å²) in [6.07, 6.45) is 0.309. The van der Waals surface area contributed by atoms with Crippen molar-refractivity contribution >= 4 is 11.9 Å². The fourth-order valence-corrected chi connectivity index (χ4v) is 1.86. The van der Waals surface area contributed by atoms with Gasteiger partial charge in [0.25, 0.3) is 5.91 Å². The van der Waals surface area contributed by atoms with Crippen LogP contribution in [0.3, 0.4) is 0 Å². The van der Waals surface area contributed by atoms with Crippen LogP contribution < -0.4 is 4.74 Å². The molecule has 0 saturated carbocycles. The van der Waals surface area contributed by atoms with Gasteiger partial charge in [0.1, 0.15) is 5.75 Å². The number of aryl methyl sites for hydroxylation is 1. The Labute approximate surface area is 141 Å². The molecule has 0 fully saturated rings. The number of carbonyl (C=O) groups excluding carboxylic acids is 2. The molecular weight excluding hydrogens is 310 g/mol. The van der Waals surface area contributed by atoms with E-state index in [0.29, 0.717) is 5.75 Å². The van der Waals surface area contributed by atoms with Gasteiger partial charge in [-0.1, -0.05) is 18.2 Å². The lowest BCUT2D eigenvalue weighted by Gasteiger charge is -2.20. The molecule has 1 rings (SSSR count). The van der Waals surface area contributed by atoms with Gasteiger partial charge in [-0.15, -0.1) is 0 Å². The number of amides is 1. The number of hydrogen-bond donors (Lipinski definition) is 0. The predicted octanol–water partition coefficient (Wildman–Crippen LogP) is 1.57. The van der Waals surface area contributed by atoms with E-state index >= 15 is 0 Å². The second kappa shape index (κ2) is 10.6. The molecule has 0 aliphatic heterocycles. The summed E-state index contributed by atoms with van der Waals surface area (Å²) in [4.78, 5) is 25.0. The first-order valence-corrected chi connectivity index (χ1v) is 7.44. The first-order valence-electron chi connectivity index (χ1n) is 7.44. The summed E-state index contributed by atoms with van der Waals surface area (Å²) in [6.45, 7) is 1.52. The number of hydrogen-bond acceptors (Lipinski definition) is 6. The van der Waals surface area contributed by atoms with Gasteiger partial charge in [0.05, 0.1) is 25.0 Å². The molecule has 0 aliphatic carbocycles. The quantitative estimate of drug-likeness (QED) is 0.637. The standard InChI is InChI=1S/C17H19N3O4/c1-14-6-2-3-7-15(14)23-13-17(22)24-12-16(21)20(10-4-8-18)11-5-9-19/h2-3,6-7H,4-5,10-13H2,1H3. The van der Waals surface area contributed by atoms with Gasteiger partial charge >= 0.3 is 5.97 Å². The van der Waals surface area contributed by atoms with E-state index in [2.05, 4.69) is 0 Å². The van der Waals surface area contributed by atoms with Crippen molar-refractivity contribution in [1.29, 1.82) is 10.5 Å². The zero-order valence-electron chi connectivity index (χ0n) is 13.5. The van der Waals surface area contributed by atoms with Gasteiger partial charge in [-0.3, -0.25) is 4.79 Å². The van der Waals surface area contributed by atoms with E-state index in [0.717, 1.165) is 5.56 Å². The van der Waals surface area contributed by atoms with E-state index in [1.807, 2.05) is 31.2 Å². The zero-order chi connectivity index (χ0) is 17.8. The van der Waals surface area contributed by atoms with Gasteiger partial charge in [0.2, 0.25) is 0 Å². The van der Waals surface area contributed by atoms with Crippen LogP contribution >= 0.6 is 0 Å². The number of esters is 1. The minimum atomic E-state index is -0.660. The molecular formula is C17H19N3O4. The molecule has 0 heterocycles. The molecule has 0 aromatic heterocycles. The highest BCUT2D eigenvalue weighted by Crippen LogP contribution is 2.15. The number of benzene rings is 1. The number of rotatable bonds is 9. The fourth-order valence-electron chi connectivity index (χ4n) is 1.86. The van der Waals surface area contributed by atoms with Gasteiger partial charge < -0.3 is 14.4 Å². The van der Waals surface area contributed by atoms with Crippen molar-refractivity contribution in [3.8, 4) is 17.9 Å². The third-order valence-corrected chi connectivity index (χ3v) is 3.14. The smallest absolute Gasteiger partial charge is 0.344 e. The highest BCUT2D eigenvalue weighted by atomic mass is 16.6. The van der Waals surface area contributed by atoms with Crippen molar-refractivity contribution in [3.05, 3.63) is 29.8 Å². The maximum Gasteiger partial charge on any atom is 0.344 e. The van der Waals surface area contributed by atoms with Crippen molar-refractivity contribution < 1.29 is 19.1 Å². The molecule has 7 heteroatoms. The van der Waals surface area contributed by atoms with Crippen LogP contribution in [0.4, 0.5) is 0 Å². The van der Waals surface area contributed by atoms with Crippen LogP contribution in [0.2, 0.25) is 0 Å². The SMILES string of the molecule is Cc1ccccc1OCC(=O)OCC(=O)N(CCC#N)CCC#N. The lowest BCUT2D eigenvalue weighted by Crippen LogP contribution is -2.36. The third kappa shape index (κ3) is 6.80. The summed E-state index contributed by atoms with van der Waals surface area (Å²) >= 11 is 0. The second-order valence-electron chi connectivity index (χ2n) is 4.91. The monoisotopic (exact) mass is 329 g/mol. The number of nitriles is 2. The minimum Gasteiger partial charge on any atom is -0.482 e. The van der Waals surface area contributed by atoms with Crippen molar-refractivity contribution in [3.63, 3.8) is 0 Å². The van der Waals surface area contributed by atoms with Crippen molar-refractivity contribution in [2.75, 3.05) is 26.3 Å². The fraction of sp³-hybridized carbons (Fsp3) is 0.412. The average molecular weight is 329 g/mol. The van der Waals surface area contributed by atoms with Crippen LogP contribution in [-0.4, -0.2) is 43.1 Å². The molecule has 0 unspecified atom stereocenters. The average Bonchev–Trinajstić information content (AvgIpc) is 2.59. The summed E-state index contributed by atoms with van der Waals surface area (Å²) in [6, 6.07) is 11.1. The lowest BCUT2D eigenvalue weighted by atomic mass is 10.2. The highest BCUT2D eigenvalue weighted by molar-refractivity contribution is 5.81. The van der Waals surface area contributed by atoms with E-state index < -0.39 is 18.5 Å².